The van der Waals surface area contributed by atoms with Gasteiger partial charge in [0.15, 0.2) is 0 Å². The number of benzene rings is 13. The smallest absolute Gasteiger partial charge is 0.0188 e. The van der Waals surface area contributed by atoms with Crippen molar-refractivity contribution in [2.45, 2.75) is 105 Å². The minimum atomic E-state index is -0.0385. The van der Waals surface area contributed by atoms with E-state index >= 15 is 0 Å². The third kappa shape index (κ3) is 4.19. The molecular weight excluding hydrogens is 856 g/mol. The Hall–Kier alpha value is -4.50. The molecule has 0 aliphatic heterocycles. The van der Waals surface area contributed by atoms with Crippen LogP contribution < -0.4 is 0 Å². The third-order valence-corrected chi connectivity index (χ3v) is 15.9. The summed E-state index contributed by atoms with van der Waals surface area (Å²) in [6.07, 6.45) is 0. The van der Waals surface area contributed by atoms with E-state index in [1.807, 2.05) is 0 Å². The van der Waals surface area contributed by atoms with Crippen LogP contribution in [0.4, 0.5) is 0 Å². The first-order valence-corrected chi connectivity index (χ1v) is 23.4. The second-order valence-electron chi connectivity index (χ2n) is 22.8. The highest BCUT2D eigenvalue weighted by atomic mass is 79.9. The Bertz CT molecular complexity index is 3500. The largest absolute Gasteiger partial charge is 0.0561 e. The van der Waals surface area contributed by atoms with Crippen molar-refractivity contribution in [1.29, 1.82) is 0 Å². The van der Waals surface area contributed by atoms with Gasteiger partial charge in [-0.1, -0.05) is 115 Å². The molecule has 0 aliphatic carbocycles. The van der Waals surface area contributed by atoms with Crippen molar-refractivity contribution in [2.75, 3.05) is 0 Å². The molecule has 2 heteroatoms. The van der Waals surface area contributed by atoms with E-state index in [0.29, 0.717) is 0 Å². The summed E-state index contributed by atoms with van der Waals surface area (Å²) < 4.78 is 2.27. The molecule has 13 aromatic rings. The van der Waals surface area contributed by atoms with Crippen molar-refractivity contribution in [3.8, 4) is 0 Å². The van der Waals surface area contributed by atoms with Crippen LogP contribution in [0.2, 0.25) is 0 Å². The molecule has 0 atom stereocenters. The summed E-state index contributed by atoms with van der Waals surface area (Å²) in [6, 6.07) is 30.3. The number of hydrogen-bond donors (Lipinski definition) is 0. The molecule has 13 aromatic carbocycles. The lowest BCUT2D eigenvalue weighted by Gasteiger charge is -2.32. The average molecular weight is 905 g/mol. The van der Waals surface area contributed by atoms with Crippen LogP contribution in [-0.2, 0) is 21.7 Å². The van der Waals surface area contributed by atoms with Gasteiger partial charge in [-0.3, -0.25) is 0 Å². The first kappa shape index (κ1) is 36.2. The molecule has 294 valence electrons. The van der Waals surface area contributed by atoms with Crippen LogP contribution in [0.25, 0.3) is 129 Å². The molecule has 0 N–H and O–H groups in total. The zero-order valence-corrected chi connectivity index (χ0v) is 39.9. The Morgan fingerprint density at radius 3 is 0.483 bits per heavy atom. The molecule has 0 aromatic heterocycles. The van der Waals surface area contributed by atoms with Crippen LogP contribution in [-0.4, -0.2) is 0 Å². The Kier molecular flexibility index (Phi) is 6.37. The van der Waals surface area contributed by atoms with Gasteiger partial charge in [0, 0.05) is 8.95 Å². The molecule has 60 heavy (non-hydrogen) atoms. The molecule has 0 saturated carbocycles. The van der Waals surface area contributed by atoms with E-state index in [4.69, 9.17) is 0 Å². The van der Waals surface area contributed by atoms with Gasteiger partial charge in [0.25, 0.3) is 0 Å². The van der Waals surface area contributed by atoms with Crippen molar-refractivity contribution in [1.82, 2.24) is 0 Å². The van der Waals surface area contributed by atoms with Crippen LogP contribution in [0.3, 0.4) is 0 Å². The Balaban J connectivity index is 1.51. The van der Waals surface area contributed by atoms with E-state index in [2.05, 4.69) is 188 Å². The quantitative estimate of drug-likeness (QED) is 0.105. The topological polar surface area (TPSA) is 0 Å². The number of fused-ring (bicyclic) bond motifs is 6. The molecular formula is C58H48Br2. The fraction of sp³-hybridized carbons (Fsp3) is 0.276. The minimum absolute atomic E-state index is 0.0385. The van der Waals surface area contributed by atoms with Gasteiger partial charge in [0.2, 0.25) is 0 Å². The molecule has 0 unspecified atom stereocenters. The molecule has 0 saturated heterocycles. The summed E-state index contributed by atoms with van der Waals surface area (Å²) in [6.45, 7) is 28.6. The van der Waals surface area contributed by atoms with Crippen molar-refractivity contribution >= 4 is 161 Å². The normalized spacial score (nSPS) is 14.5. The monoisotopic (exact) mass is 902 g/mol. The molecule has 0 nitrogen and oxygen atoms in total. The lowest BCUT2D eigenvalue weighted by Crippen LogP contribution is -2.13. The number of halogens is 2. The van der Waals surface area contributed by atoms with Gasteiger partial charge in [0.1, 0.15) is 0 Å². The van der Waals surface area contributed by atoms with Gasteiger partial charge in [-0.2, -0.15) is 0 Å². The predicted octanol–water partition coefficient (Wildman–Crippen LogP) is 18.9. The summed E-state index contributed by atoms with van der Waals surface area (Å²) in [5.74, 6) is 0. The summed E-state index contributed by atoms with van der Waals surface area (Å²) >= 11 is 8.25. The van der Waals surface area contributed by atoms with E-state index in [1.165, 1.54) is 152 Å². The highest BCUT2D eigenvalue weighted by Crippen LogP contribution is 2.61. The van der Waals surface area contributed by atoms with E-state index < -0.39 is 0 Å². The zero-order chi connectivity index (χ0) is 41.8. The van der Waals surface area contributed by atoms with E-state index in [-0.39, 0.29) is 21.7 Å². The van der Waals surface area contributed by atoms with Crippen molar-refractivity contribution in [3.63, 3.8) is 0 Å². The molecule has 0 spiro atoms. The van der Waals surface area contributed by atoms with Crippen molar-refractivity contribution in [2.24, 2.45) is 0 Å². The van der Waals surface area contributed by atoms with Crippen LogP contribution in [0, 0.1) is 0 Å². The SMILES string of the molecule is CC(C)(C)c1cc2c3cc(Br)cc4c5cc(C(C)(C)C)cc6c7cc(C(C)(C)C)cc8c9cc(Br)cc%10c%11cc(C(C)(C)C)cc%12c(c1)c2c1c(c34)c(c56)c(c87)c(c%109)c1c%11%12. The number of hydrogen-bond acceptors (Lipinski definition) is 0. The highest BCUT2D eigenvalue weighted by Gasteiger charge is 2.34. The highest BCUT2D eigenvalue weighted by molar-refractivity contribution is 9.10. The van der Waals surface area contributed by atoms with Crippen molar-refractivity contribution < 1.29 is 0 Å². The molecule has 0 radical (unpaired) electrons. The minimum Gasteiger partial charge on any atom is -0.0561 e. The second kappa shape index (κ2) is 10.6. The molecule has 0 aliphatic rings. The fourth-order valence-electron chi connectivity index (χ4n) is 11.9. The first-order chi connectivity index (χ1) is 28.1. The summed E-state index contributed by atoms with van der Waals surface area (Å²) in [5.41, 5.74) is 5.38. The maximum Gasteiger partial charge on any atom is 0.0188 e. The predicted molar refractivity (Wildman–Crippen MR) is 274 cm³/mol. The molecule has 0 heterocycles. The van der Waals surface area contributed by atoms with Gasteiger partial charge in [-0.15, -0.1) is 0 Å². The second-order valence-corrected chi connectivity index (χ2v) is 24.6. The van der Waals surface area contributed by atoms with Crippen LogP contribution in [0.1, 0.15) is 105 Å². The van der Waals surface area contributed by atoms with Gasteiger partial charge in [-0.25, -0.2) is 0 Å². The summed E-state index contributed by atoms with van der Waals surface area (Å²) in [7, 11) is 0. The summed E-state index contributed by atoms with van der Waals surface area (Å²) in [5, 5.41) is 33.7. The number of rotatable bonds is 0. The van der Waals surface area contributed by atoms with E-state index in [9.17, 15) is 0 Å². The van der Waals surface area contributed by atoms with Crippen LogP contribution in [0.5, 0.6) is 0 Å². The Morgan fingerprint density at radius 2 is 0.350 bits per heavy atom. The standard InChI is InChI=1S/C58H48Br2/c1-55(2,3)25-13-31-32-14-26(56(4,5)6)18-36-41-23-30(60)24-42-38-20-28(58(10,11)12)16-34-33-15-27(57(7,8)9)19-37-40-22-29(59)21-39-35(17-25)43(31)49-50(44(32)36)54(48(41)42)52(46(34)38)51(45(33)37)53(49)47(39)40/h13-24H,1-12H3. The van der Waals surface area contributed by atoms with Crippen LogP contribution in [0.15, 0.2) is 81.7 Å². The van der Waals surface area contributed by atoms with Gasteiger partial charge in [0.05, 0.1) is 0 Å². The first-order valence-electron chi connectivity index (χ1n) is 21.8. The lowest BCUT2D eigenvalue weighted by atomic mass is 9.71. The van der Waals surface area contributed by atoms with E-state index in [1.54, 1.807) is 0 Å². The van der Waals surface area contributed by atoms with Gasteiger partial charge >= 0.3 is 0 Å². The molecule has 0 fully saturated rings. The van der Waals surface area contributed by atoms with E-state index in [0.717, 1.165) is 8.95 Å². The van der Waals surface area contributed by atoms with Gasteiger partial charge in [-0.05, 0) is 246 Å². The Labute approximate surface area is 367 Å². The summed E-state index contributed by atoms with van der Waals surface area (Å²) in [4.78, 5) is 0. The maximum atomic E-state index is 4.13. The maximum absolute atomic E-state index is 4.13. The lowest BCUT2D eigenvalue weighted by molar-refractivity contribution is 0.591. The van der Waals surface area contributed by atoms with Crippen LogP contribution >= 0.6 is 31.9 Å². The Morgan fingerprint density at radius 1 is 0.217 bits per heavy atom. The molecule has 0 bridgehead atoms. The average Bonchev–Trinajstić information content (AvgIpc) is 3.16. The molecule has 0 amide bonds. The van der Waals surface area contributed by atoms with Crippen molar-refractivity contribution in [3.05, 3.63) is 104 Å². The van der Waals surface area contributed by atoms with Gasteiger partial charge < -0.3 is 0 Å². The zero-order valence-electron chi connectivity index (χ0n) is 36.7. The molecule has 13 rings (SSSR count). The third-order valence-electron chi connectivity index (χ3n) is 15.0. The fourth-order valence-corrected chi connectivity index (χ4v) is 12.8.